The van der Waals surface area contributed by atoms with Crippen LogP contribution in [0.4, 0.5) is 5.69 Å². The summed E-state index contributed by atoms with van der Waals surface area (Å²) in [5.74, 6) is 1.74. The molecule has 0 unspecified atom stereocenters. The molecule has 1 aliphatic rings. The first-order valence-electron chi connectivity index (χ1n) is 12.0. The lowest BCUT2D eigenvalue weighted by atomic mass is 10.0. The average molecular weight is 497 g/mol. The highest BCUT2D eigenvalue weighted by Crippen LogP contribution is 2.28. The van der Waals surface area contributed by atoms with Crippen LogP contribution in [0.2, 0.25) is 0 Å². The maximum Gasteiger partial charge on any atom is 0.259 e. The van der Waals surface area contributed by atoms with Gasteiger partial charge in [-0.3, -0.25) is 9.59 Å². The summed E-state index contributed by atoms with van der Waals surface area (Å²) in [6.07, 6.45) is 1.77. The molecule has 2 amide bonds. The number of amides is 2. The number of hydrogen-bond donors (Lipinski definition) is 1. The molecule has 1 N–H and O–H groups in total. The van der Waals surface area contributed by atoms with Gasteiger partial charge in [-0.15, -0.1) is 0 Å². The minimum atomic E-state index is -0.245. The molecule has 0 bridgehead atoms. The van der Waals surface area contributed by atoms with Crippen LogP contribution in [0, 0.1) is 13.8 Å². The van der Waals surface area contributed by atoms with E-state index in [1.54, 1.807) is 16.9 Å². The van der Waals surface area contributed by atoms with Crippen LogP contribution in [-0.2, 0) is 0 Å². The van der Waals surface area contributed by atoms with Crippen LogP contribution >= 0.6 is 11.8 Å². The maximum absolute atomic E-state index is 13.5. The second-order valence-electron chi connectivity index (χ2n) is 8.87. The number of benzene rings is 3. The summed E-state index contributed by atoms with van der Waals surface area (Å²) in [4.78, 5) is 28.3. The summed E-state index contributed by atoms with van der Waals surface area (Å²) in [5.41, 5.74) is 6.11. The van der Waals surface area contributed by atoms with Crippen molar-refractivity contribution in [2.45, 2.75) is 13.8 Å². The van der Waals surface area contributed by atoms with E-state index in [0.717, 1.165) is 47.0 Å². The van der Waals surface area contributed by atoms with Gasteiger partial charge in [-0.05, 0) is 55.3 Å². The molecule has 0 saturated carbocycles. The van der Waals surface area contributed by atoms with E-state index >= 15 is 0 Å². The van der Waals surface area contributed by atoms with Crippen molar-refractivity contribution >= 4 is 29.3 Å². The third-order valence-electron chi connectivity index (χ3n) is 6.40. The number of hydrogen-bond acceptors (Lipinski definition) is 4. The third kappa shape index (κ3) is 4.93. The molecule has 4 aromatic rings. The fourth-order valence-corrected chi connectivity index (χ4v) is 5.27. The van der Waals surface area contributed by atoms with Crippen LogP contribution in [-0.4, -0.2) is 51.1 Å². The summed E-state index contributed by atoms with van der Waals surface area (Å²) in [6.45, 7) is 5.47. The summed E-state index contributed by atoms with van der Waals surface area (Å²) >= 11 is 1.87. The maximum atomic E-state index is 13.5. The van der Waals surface area contributed by atoms with Crippen LogP contribution in [0.15, 0.2) is 79.0 Å². The second-order valence-corrected chi connectivity index (χ2v) is 10.1. The SMILES string of the molecule is Cc1cc(C(=O)N2CCSCC2)ccc1NC(=O)c1cn(-c2ccccc2)nc1-c1ccccc1C. The number of para-hydroxylation sites is 1. The molecule has 1 fully saturated rings. The normalized spacial score (nSPS) is 13.4. The number of nitrogens with one attached hydrogen (secondary N) is 1. The van der Waals surface area contributed by atoms with Gasteiger partial charge in [0.1, 0.15) is 5.69 Å². The van der Waals surface area contributed by atoms with Gasteiger partial charge >= 0.3 is 0 Å². The Morgan fingerprint density at radius 1 is 0.889 bits per heavy atom. The van der Waals surface area contributed by atoms with Crippen molar-refractivity contribution in [1.82, 2.24) is 14.7 Å². The smallest absolute Gasteiger partial charge is 0.259 e. The van der Waals surface area contributed by atoms with E-state index in [1.807, 2.05) is 97.2 Å². The first-order valence-corrected chi connectivity index (χ1v) is 13.2. The zero-order chi connectivity index (χ0) is 25.1. The van der Waals surface area contributed by atoms with E-state index in [1.165, 1.54) is 0 Å². The number of nitrogens with zero attached hydrogens (tertiary/aromatic N) is 3. The minimum Gasteiger partial charge on any atom is -0.337 e. The van der Waals surface area contributed by atoms with E-state index in [2.05, 4.69) is 5.32 Å². The van der Waals surface area contributed by atoms with Gasteiger partial charge in [0.05, 0.1) is 11.3 Å². The largest absolute Gasteiger partial charge is 0.337 e. The molecule has 1 saturated heterocycles. The fraction of sp³-hybridized carbons (Fsp3) is 0.207. The van der Waals surface area contributed by atoms with Crippen LogP contribution in [0.3, 0.4) is 0 Å². The molecule has 36 heavy (non-hydrogen) atoms. The summed E-state index contributed by atoms with van der Waals surface area (Å²) in [7, 11) is 0. The summed E-state index contributed by atoms with van der Waals surface area (Å²) < 4.78 is 1.74. The molecular weight excluding hydrogens is 468 g/mol. The molecule has 0 aliphatic carbocycles. The lowest BCUT2D eigenvalue weighted by molar-refractivity contribution is 0.0772. The highest BCUT2D eigenvalue weighted by Gasteiger charge is 2.22. The number of rotatable bonds is 5. The van der Waals surface area contributed by atoms with Crippen LogP contribution in [0.5, 0.6) is 0 Å². The lowest BCUT2D eigenvalue weighted by Crippen LogP contribution is -2.37. The Kier molecular flexibility index (Phi) is 6.91. The molecule has 182 valence electrons. The van der Waals surface area contributed by atoms with Crippen molar-refractivity contribution in [2.75, 3.05) is 29.9 Å². The highest BCUT2D eigenvalue weighted by atomic mass is 32.2. The van der Waals surface area contributed by atoms with Gasteiger partial charge in [0.25, 0.3) is 11.8 Å². The van der Waals surface area contributed by atoms with Gasteiger partial charge < -0.3 is 10.2 Å². The minimum absolute atomic E-state index is 0.0438. The average Bonchev–Trinajstić information content (AvgIpc) is 3.36. The second kappa shape index (κ2) is 10.4. The monoisotopic (exact) mass is 496 g/mol. The molecule has 3 aromatic carbocycles. The van der Waals surface area contributed by atoms with Gasteiger partial charge in [0.2, 0.25) is 0 Å². The Hall–Kier alpha value is -3.84. The number of carbonyl (C=O) groups excluding carboxylic acids is 2. The van der Waals surface area contributed by atoms with Crippen molar-refractivity contribution in [3.63, 3.8) is 0 Å². The molecule has 0 spiro atoms. The Bertz CT molecular complexity index is 1410. The quantitative estimate of drug-likeness (QED) is 0.391. The zero-order valence-corrected chi connectivity index (χ0v) is 21.2. The standard InChI is InChI=1S/C29H28N4O2S/c1-20-8-6-7-11-24(20)27-25(19-33(31-27)23-9-4-3-5-10-23)28(34)30-26-13-12-22(18-21(26)2)29(35)32-14-16-36-17-15-32/h3-13,18-19H,14-17H2,1-2H3,(H,30,34). The van der Waals surface area contributed by atoms with Crippen molar-refractivity contribution in [3.05, 3.63) is 101 Å². The van der Waals surface area contributed by atoms with Crippen LogP contribution in [0.25, 0.3) is 16.9 Å². The van der Waals surface area contributed by atoms with Gasteiger partial charge in [-0.2, -0.15) is 16.9 Å². The topological polar surface area (TPSA) is 67.2 Å². The molecular formula is C29H28N4O2S. The molecule has 7 heteroatoms. The van der Waals surface area contributed by atoms with Gasteiger partial charge in [-0.25, -0.2) is 4.68 Å². The van der Waals surface area contributed by atoms with Gasteiger partial charge in [0, 0.05) is 47.6 Å². The number of aryl methyl sites for hydroxylation is 2. The molecule has 1 aliphatic heterocycles. The third-order valence-corrected chi connectivity index (χ3v) is 7.34. The van der Waals surface area contributed by atoms with Gasteiger partial charge in [0.15, 0.2) is 0 Å². The number of anilines is 1. The summed E-state index contributed by atoms with van der Waals surface area (Å²) in [5, 5.41) is 7.84. The van der Waals surface area contributed by atoms with Crippen molar-refractivity contribution in [1.29, 1.82) is 0 Å². The molecule has 0 radical (unpaired) electrons. The lowest BCUT2D eigenvalue weighted by Gasteiger charge is -2.26. The van der Waals surface area contributed by atoms with Gasteiger partial charge in [-0.1, -0.05) is 42.5 Å². The Balaban J connectivity index is 1.44. The van der Waals surface area contributed by atoms with Crippen LogP contribution in [0.1, 0.15) is 31.8 Å². The number of aromatic nitrogens is 2. The first-order chi connectivity index (χ1) is 17.5. The van der Waals surface area contributed by atoms with Crippen molar-refractivity contribution < 1.29 is 9.59 Å². The molecule has 0 atom stereocenters. The van der Waals surface area contributed by atoms with E-state index in [-0.39, 0.29) is 11.8 Å². The highest BCUT2D eigenvalue weighted by molar-refractivity contribution is 7.99. The van der Waals surface area contributed by atoms with E-state index in [9.17, 15) is 9.59 Å². The number of carbonyl (C=O) groups is 2. The zero-order valence-electron chi connectivity index (χ0n) is 20.4. The molecule has 1 aromatic heterocycles. The number of thioether (sulfide) groups is 1. The molecule has 5 rings (SSSR count). The van der Waals surface area contributed by atoms with E-state index in [0.29, 0.717) is 22.5 Å². The molecule has 2 heterocycles. The predicted octanol–water partition coefficient (Wildman–Crippen LogP) is 5.60. The Morgan fingerprint density at radius 2 is 1.61 bits per heavy atom. The van der Waals surface area contributed by atoms with E-state index in [4.69, 9.17) is 5.10 Å². The van der Waals surface area contributed by atoms with E-state index < -0.39 is 0 Å². The first kappa shape index (κ1) is 23.9. The molecule has 6 nitrogen and oxygen atoms in total. The van der Waals surface area contributed by atoms with Crippen LogP contribution < -0.4 is 5.32 Å². The Morgan fingerprint density at radius 3 is 2.33 bits per heavy atom. The Labute approximate surface area is 215 Å². The summed E-state index contributed by atoms with van der Waals surface area (Å²) in [6, 6.07) is 23.1. The predicted molar refractivity (Wildman–Crippen MR) is 146 cm³/mol. The van der Waals surface area contributed by atoms with Crippen molar-refractivity contribution in [3.8, 4) is 16.9 Å². The fourth-order valence-electron chi connectivity index (χ4n) is 4.37. The van der Waals surface area contributed by atoms with Crippen molar-refractivity contribution in [2.24, 2.45) is 0 Å².